The molecule has 2 aromatic rings. The van der Waals surface area contributed by atoms with Crippen LogP contribution in [0.2, 0.25) is 0 Å². The number of ether oxygens (including phenoxy) is 1. The van der Waals surface area contributed by atoms with E-state index in [1.807, 2.05) is 26.0 Å². The first kappa shape index (κ1) is 10.9. The first-order valence-corrected chi connectivity index (χ1v) is 5.64. The molecule has 0 saturated heterocycles. The van der Waals surface area contributed by atoms with E-state index in [1.54, 1.807) is 0 Å². The van der Waals surface area contributed by atoms with Crippen LogP contribution >= 0.6 is 0 Å². The van der Waals surface area contributed by atoms with Crippen molar-refractivity contribution in [3.05, 3.63) is 40.3 Å². The number of rotatable bonds is 0. The Morgan fingerprint density at radius 1 is 1.33 bits per heavy atom. The number of aromatic hydroxyl groups is 1. The van der Waals surface area contributed by atoms with Crippen molar-refractivity contribution in [1.82, 2.24) is 0 Å². The van der Waals surface area contributed by atoms with Crippen molar-refractivity contribution in [2.75, 3.05) is 0 Å². The summed E-state index contributed by atoms with van der Waals surface area (Å²) in [4.78, 5) is 11.7. The maximum Gasteiger partial charge on any atom is 0.196 e. The summed E-state index contributed by atoms with van der Waals surface area (Å²) in [7, 11) is 0. The van der Waals surface area contributed by atoms with Crippen LogP contribution in [0.15, 0.2) is 33.7 Å². The van der Waals surface area contributed by atoms with Crippen molar-refractivity contribution in [2.45, 2.75) is 19.4 Å². The van der Waals surface area contributed by atoms with Gasteiger partial charge in [-0.3, -0.25) is 4.79 Å². The van der Waals surface area contributed by atoms with E-state index < -0.39 is 5.60 Å². The van der Waals surface area contributed by atoms with Gasteiger partial charge in [-0.05, 0) is 26.0 Å². The van der Waals surface area contributed by atoms with E-state index in [0.29, 0.717) is 16.9 Å². The molecule has 0 amide bonds. The average Bonchev–Trinajstić information content (AvgIpc) is 2.27. The Labute approximate surface area is 103 Å². The lowest BCUT2D eigenvalue weighted by molar-refractivity contribution is 0.158. The summed E-state index contributed by atoms with van der Waals surface area (Å²) in [5.74, 6) is 0.394. The van der Waals surface area contributed by atoms with Crippen LogP contribution in [-0.2, 0) is 0 Å². The maximum atomic E-state index is 11.7. The van der Waals surface area contributed by atoms with Crippen molar-refractivity contribution in [3.63, 3.8) is 0 Å². The molecule has 1 aliphatic rings. The molecule has 4 heteroatoms. The van der Waals surface area contributed by atoms with Crippen molar-refractivity contribution >= 4 is 17.0 Å². The first-order valence-electron chi connectivity index (χ1n) is 5.64. The van der Waals surface area contributed by atoms with Gasteiger partial charge in [-0.15, -0.1) is 0 Å². The second kappa shape index (κ2) is 3.38. The maximum absolute atomic E-state index is 11.7. The van der Waals surface area contributed by atoms with Gasteiger partial charge < -0.3 is 14.3 Å². The van der Waals surface area contributed by atoms with Crippen LogP contribution in [0.3, 0.4) is 0 Å². The fraction of sp³-hybridized carbons (Fsp3) is 0.214. The zero-order chi connectivity index (χ0) is 12.9. The molecule has 18 heavy (non-hydrogen) atoms. The summed E-state index contributed by atoms with van der Waals surface area (Å²) >= 11 is 0. The molecule has 92 valence electrons. The molecular formula is C14H12O4. The van der Waals surface area contributed by atoms with Crippen molar-refractivity contribution in [1.29, 1.82) is 0 Å². The molecule has 0 aliphatic carbocycles. The number of phenols is 1. The zero-order valence-electron chi connectivity index (χ0n) is 10.1. The third-order valence-corrected chi connectivity index (χ3v) is 2.94. The van der Waals surface area contributed by atoms with Gasteiger partial charge in [0, 0.05) is 12.1 Å². The second-order valence-electron chi connectivity index (χ2n) is 4.84. The van der Waals surface area contributed by atoms with Crippen LogP contribution in [0.25, 0.3) is 17.0 Å². The summed E-state index contributed by atoms with van der Waals surface area (Å²) in [6.45, 7) is 3.82. The second-order valence-corrected chi connectivity index (χ2v) is 4.84. The van der Waals surface area contributed by atoms with Gasteiger partial charge in [-0.25, -0.2) is 0 Å². The lowest BCUT2D eigenvalue weighted by atomic mass is 10.00. The lowest BCUT2D eigenvalue weighted by Gasteiger charge is -2.28. The highest BCUT2D eigenvalue weighted by Gasteiger charge is 2.25. The molecule has 1 aromatic carbocycles. The van der Waals surface area contributed by atoms with Gasteiger partial charge in [0.2, 0.25) is 0 Å². The van der Waals surface area contributed by atoms with Crippen LogP contribution in [0.1, 0.15) is 19.4 Å². The summed E-state index contributed by atoms with van der Waals surface area (Å²) in [6.07, 6.45) is 5.06. The van der Waals surface area contributed by atoms with Crippen molar-refractivity contribution < 1.29 is 14.3 Å². The predicted octanol–water partition coefficient (Wildman–Crippen LogP) is 2.68. The Balaban J connectivity index is 2.42. The van der Waals surface area contributed by atoms with Gasteiger partial charge in [0.25, 0.3) is 0 Å². The van der Waals surface area contributed by atoms with Crippen molar-refractivity contribution in [3.8, 4) is 11.5 Å². The van der Waals surface area contributed by atoms with Crippen molar-refractivity contribution in [2.24, 2.45) is 0 Å². The van der Waals surface area contributed by atoms with Gasteiger partial charge >= 0.3 is 0 Å². The molecule has 0 radical (unpaired) electrons. The molecule has 0 spiro atoms. The molecule has 2 heterocycles. The first-order chi connectivity index (χ1) is 8.48. The third kappa shape index (κ3) is 1.49. The van der Waals surface area contributed by atoms with Crippen LogP contribution < -0.4 is 10.2 Å². The Hall–Kier alpha value is -2.23. The highest BCUT2D eigenvalue weighted by atomic mass is 16.5. The van der Waals surface area contributed by atoms with E-state index in [1.165, 1.54) is 18.4 Å². The van der Waals surface area contributed by atoms with E-state index in [0.717, 1.165) is 0 Å². The largest absolute Gasteiger partial charge is 0.507 e. The van der Waals surface area contributed by atoms with Gasteiger partial charge in [0.15, 0.2) is 11.0 Å². The highest BCUT2D eigenvalue weighted by molar-refractivity contribution is 5.93. The third-order valence-electron chi connectivity index (χ3n) is 2.94. The molecule has 4 nitrogen and oxygen atoms in total. The Morgan fingerprint density at radius 3 is 2.89 bits per heavy atom. The minimum Gasteiger partial charge on any atom is -0.507 e. The van der Waals surface area contributed by atoms with E-state index in [4.69, 9.17) is 9.15 Å². The summed E-state index contributed by atoms with van der Waals surface area (Å²) in [5.41, 5.74) is 0.321. The fourth-order valence-electron chi connectivity index (χ4n) is 2.09. The van der Waals surface area contributed by atoms with Crippen LogP contribution in [-0.4, -0.2) is 10.7 Å². The number of hydrogen-bond acceptors (Lipinski definition) is 4. The van der Waals surface area contributed by atoms with Gasteiger partial charge in [-0.2, -0.15) is 0 Å². The molecule has 0 unspecified atom stereocenters. The van der Waals surface area contributed by atoms with Gasteiger partial charge in [0.1, 0.15) is 22.5 Å². The number of benzene rings is 1. The number of fused-ring (bicyclic) bond motifs is 3. The van der Waals surface area contributed by atoms with E-state index in [-0.39, 0.29) is 16.6 Å². The molecule has 0 saturated carbocycles. The van der Waals surface area contributed by atoms with E-state index in [9.17, 15) is 9.90 Å². The minimum absolute atomic E-state index is 0.121. The minimum atomic E-state index is -0.442. The lowest BCUT2D eigenvalue weighted by Crippen LogP contribution is -2.27. The van der Waals surface area contributed by atoms with Crippen LogP contribution in [0.5, 0.6) is 11.5 Å². The highest BCUT2D eigenvalue weighted by Crippen LogP contribution is 2.39. The van der Waals surface area contributed by atoms with Gasteiger partial charge in [-0.1, -0.05) is 0 Å². The number of hydrogen-bond donors (Lipinski definition) is 1. The molecule has 0 bridgehead atoms. The molecule has 3 rings (SSSR count). The smallest absolute Gasteiger partial charge is 0.196 e. The standard InChI is InChI=1S/C14H12O4/c1-14(2)5-3-8-11(18-14)7-10(16)12-9(15)4-6-17-13(8)12/h3-7,16H,1-2H3. The SMILES string of the molecule is CC1(C)C=Cc2c(cc(O)c3c(=O)ccoc23)O1. The van der Waals surface area contributed by atoms with Gasteiger partial charge in [0.05, 0.1) is 11.8 Å². The Bertz CT molecular complexity index is 722. The number of phenolic OH excluding ortho intramolecular Hbond substituents is 1. The fourth-order valence-corrected chi connectivity index (χ4v) is 2.09. The molecule has 0 atom stereocenters. The Morgan fingerprint density at radius 2 is 2.11 bits per heavy atom. The molecule has 1 aliphatic heterocycles. The zero-order valence-corrected chi connectivity index (χ0v) is 10.1. The Kier molecular flexibility index (Phi) is 2.05. The summed E-state index contributed by atoms with van der Waals surface area (Å²) in [6, 6.07) is 2.74. The molecule has 1 aromatic heterocycles. The van der Waals surface area contributed by atoms with E-state index >= 15 is 0 Å². The summed E-state index contributed by atoms with van der Waals surface area (Å²) in [5, 5.41) is 10.1. The van der Waals surface area contributed by atoms with E-state index in [2.05, 4.69) is 0 Å². The molecular weight excluding hydrogens is 232 g/mol. The van der Waals surface area contributed by atoms with Crippen LogP contribution in [0.4, 0.5) is 0 Å². The monoisotopic (exact) mass is 244 g/mol. The molecule has 1 N–H and O–H groups in total. The normalized spacial score (nSPS) is 16.3. The molecule has 0 fully saturated rings. The predicted molar refractivity (Wildman–Crippen MR) is 67.9 cm³/mol. The van der Waals surface area contributed by atoms with Crippen LogP contribution in [0, 0.1) is 0 Å². The quantitative estimate of drug-likeness (QED) is 0.774. The topological polar surface area (TPSA) is 59.7 Å². The summed E-state index contributed by atoms with van der Waals surface area (Å²) < 4.78 is 11.1. The average molecular weight is 244 g/mol.